The number of thiophene rings is 1. The summed E-state index contributed by atoms with van der Waals surface area (Å²) >= 11 is 1.64. The van der Waals surface area contributed by atoms with Crippen LogP contribution in [0.1, 0.15) is 16.1 Å². The summed E-state index contributed by atoms with van der Waals surface area (Å²) in [5, 5.41) is 14.0. The number of nitrogens with one attached hydrogen (secondary N) is 2. The van der Waals surface area contributed by atoms with Gasteiger partial charge in [0, 0.05) is 29.2 Å². The van der Waals surface area contributed by atoms with Crippen molar-refractivity contribution in [3.63, 3.8) is 0 Å². The Bertz CT molecular complexity index is 1010. The van der Waals surface area contributed by atoms with Crippen LogP contribution < -0.4 is 5.32 Å². The van der Waals surface area contributed by atoms with E-state index in [-0.39, 0.29) is 5.91 Å². The summed E-state index contributed by atoms with van der Waals surface area (Å²) in [5.41, 5.74) is 5.15. The van der Waals surface area contributed by atoms with Gasteiger partial charge in [-0.25, -0.2) is 0 Å². The van der Waals surface area contributed by atoms with Crippen molar-refractivity contribution in [2.24, 2.45) is 0 Å². The highest BCUT2D eigenvalue weighted by atomic mass is 32.1. The molecule has 0 saturated carbocycles. The number of aromatic nitrogens is 3. The van der Waals surface area contributed by atoms with E-state index in [4.69, 9.17) is 0 Å². The maximum atomic E-state index is 12.4. The molecule has 0 aliphatic carbocycles. The predicted octanol–water partition coefficient (Wildman–Crippen LogP) is 4.13. The number of carbonyl (C=O) groups is 1. The van der Waals surface area contributed by atoms with Gasteiger partial charge >= 0.3 is 0 Å². The lowest BCUT2D eigenvalue weighted by Gasteiger charge is -2.05. The highest BCUT2D eigenvalue weighted by Gasteiger charge is 2.11. The number of aromatic amines is 1. The fraction of sp³-hybridized carbons (Fsp3) is 0.0500. The molecular weight excluding hydrogens is 344 g/mol. The average Bonchev–Trinajstić information content (AvgIpc) is 3.39. The lowest BCUT2D eigenvalue weighted by molar-refractivity contribution is 0.0946. The van der Waals surface area contributed by atoms with Gasteiger partial charge in [-0.15, -0.1) is 0 Å². The molecule has 3 aromatic heterocycles. The fourth-order valence-corrected chi connectivity index (χ4v) is 3.27. The number of rotatable bonds is 5. The molecule has 3 heterocycles. The minimum absolute atomic E-state index is 0.187. The second kappa shape index (κ2) is 7.33. The zero-order valence-electron chi connectivity index (χ0n) is 13.8. The molecular formula is C20H16N4OS. The van der Waals surface area contributed by atoms with Crippen molar-refractivity contribution in [2.75, 3.05) is 0 Å². The zero-order chi connectivity index (χ0) is 17.8. The lowest BCUT2D eigenvalue weighted by Crippen LogP contribution is -2.23. The molecule has 4 aromatic rings. The first kappa shape index (κ1) is 16.2. The summed E-state index contributed by atoms with van der Waals surface area (Å²) < 4.78 is 0. The molecule has 128 valence electrons. The van der Waals surface area contributed by atoms with E-state index in [0.29, 0.717) is 12.2 Å². The van der Waals surface area contributed by atoms with Gasteiger partial charge in [0.1, 0.15) is 5.69 Å². The first-order valence-electron chi connectivity index (χ1n) is 8.16. The number of benzene rings is 1. The number of hydrogen-bond acceptors (Lipinski definition) is 4. The van der Waals surface area contributed by atoms with Crippen molar-refractivity contribution in [1.82, 2.24) is 20.5 Å². The molecule has 2 N–H and O–H groups in total. The summed E-state index contributed by atoms with van der Waals surface area (Å²) in [6, 6.07) is 17.4. The Labute approximate surface area is 154 Å². The molecule has 0 saturated heterocycles. The number of pyridine rings is 1. The highest BCUT2D eigenvalue weighted by molar-refractivity contribution is 7.08. The molecule has 0 radical (unpaired) electrons. The largest absolute Gasteiger partial charge is 0.347 e. The number of nitrogens with zero attached hydrogens (tertiary/aromatic N) is 2. The van der Waals surface area contributed by atoms with E-state index in [0.717, 1.165) is 28.1 Å². The molecule has 0 fully saturated rings. The first-order chi connectivity index (χ1) is 12.8. The first-order valence-corrected chi connectivity index (χ1v) is 9.10. The van der Waals surface area contributed by atoms with E-state index in [1.807, 2.05) is 53.9 Å². The van der Waals surface area contributed by atoms with Crippen LogP contribution in [0.15, 0.2) is 71.6 Å². The maximum Gasteiger partial charge on any atom is 0.269 e. The molecule has 4 rings (SSSR count). The van der Waals surface area contributed by atoms with Crippen molar-refractivity contribution in [1.29, 1.82) is 0 Å². The van der Waals surface area contributed by atoms with Crippen molar-refractivity contribution >= 4 is 17.2 Å². The third-order valence-corrected chi connectivity index (χ3v) is 4.67. The summed E-state index contributed by atoms with van der Waals surface area (Å²) in [4.78, 5) is 16.8. The molecule has 0 bridgehead atoms. The summed E-state index contributed by atoms with van der Waals surface area (Å²) in [6.07, 6.45) is 1.76. The van der Waals surface area contributed by atoms with Gasteiger partial charge in [-0.3, -0.25) is 14.9 Å². The monoisotopic (exact) mass is 360 g/mol. The Kier molecular flexibility index (Phi) is 4.57. The van der Waals surface area contributed by atoms with Gasteiger partial charge in [0.2, 0.25) is 0 Å². The lowest BCUT2D eigenvalue weighted by atomic mass is 10.1. The smallest absolute Gasteiger partial charge is 0.269 e. The third kappa shape index (κ3) is 3.55. The predicted molar refractivity (Wildman–Crippen MR) is 103 cm³/mol. The zero-order valence-corrected chi connectivity index (χ0v) is 14.7. The van der Waals surface area contributed by atoms with E-state index in [2.05, 4.69) is 25.9 Å². The van der Waals surface area contributed by atoms with Crippen LogP contribution in [0.2, 0.25) is 0 Å². The normalized spacial score (nSPS) is 10.6. The van der Waals surface area contributed by atoms with Crippen LogP contribution in [0, 0.1) is 0 Å². The standard InChI is InChI=1S/C20H16N4OS/c25-20(19-11-18(23-24-19)15-4-2-1-3-5-15)22-12-14-6-8-21-17(10-14)16-7-9-26-13-16/h1-11,13H,12H2,(H,22,25)(H,23,24). The van der Waals surface area contributed by atoms with Gasteiger partial charge in [-0.05, 0) is 35.2 Å². The van der Waals surface area contributed by atoms with Gasteiger partial charge in [0.05, 0.1) is 11.4 Å². The number of hydrogen-bond donors (Lipinski definition) is 2. The van der Waals surface area contributed by atoms with Crippen LogP contribution in [0.3, 0.4) is 0 Å². The second-order valence-corrected chi connectivity index (χ2v) is 6.56. The third-order valence-electron chi connectivity index (χ3n) is 3.99. The van der Waals surface area contributed by atoms with Gasteiger partial charge in [0.25, 0.3) is 5.91 Å². The van der Waals surface area contributed by atoms with Crippen LogP contribution in [0.5, 0.6) is 0 Å². The van der Waals surface area contributed by atoms with Crippen molar-refractivity contribution in [2.45, 2.75) is 6.54 Å². The molecule has 1 aromatic carbocycles. The minimum atomic E-state index is -0.187. The second-order valence-electron chi connectivity index (χ2n) is 5.78. The van der Waals surface area contributed by atoms with Gasteiger partial charge < -0.3 is 5.32 Å². The van der Waals surface area contributed by atoms with Gasteiger partial charge in [0.15, 0.2) is 0 Å². The van der Waals surface area contributed by atoms with E-state index in [1.165, 1.54) is 0 Å². The topological polar surface area (TPSA) is 70.7 Å². The van der Waals surface area contributed by atoms with Gasteiger partial charge in [-0.1, -0.05) is 30.3 Å². The summed E-state index contributed by atoms with van der Waals surface area (Å²) in [6.45, 7) is 0.429. The molecule has 26 heavy (non-hydrogen) atoms. The van der Waals surface area contributed by atoms with E-state index in [1.54, 1.807) is 23.6 Å². The molecule has 1 amide bonds. The highest BCUT2D eigenvalue weighted by Crippen LogP contribution is 2.21. The fourth-order valence-electron chi connectivity index (χ4n) is 2.62. The van der Waals surface area contributed by atoms with Crippen LogP contribution in [0.25, 0.3) is 22.5 Å². The Morgan fingerprint density at radius 3 is 2.73 bits per heavy atom. The molecule has 5 nitrogen and oxygen atoms in total. The summed E-state index contributed by atoms with van der Waals surface area (Å²) in [7, 11) is 0. The van der Waals surface area contributed by atoms with E-state index < -0.39 is 0 Å². The Balaban J connectivity index is 1.43. The molecule has 6 heteroatoms. The Morgan fingerprint density at radius 1 is 1.04 bits per heavy atom. The molecule has 0 aliphatic rings. The number of amides is 1. The van der Waals surface area contributed by atoms with Crippen LogP contribution in [-0.2, 0) is 6.54 Å². The van der Waals surface area contributed by atoms with Crippen LogP contribution in [0.4, 0.5) is 0 Å². The minimum Gasteiger partial charge on any atom is -0.347 e. The van der Waals surface area contributed by atoms with E-state index >= 15 is 0 Å². The van der Waals surface area contributed by atoms with Crippen molar-refractivity contribution in [3.8, 4) is 22.5 Å². The maximum absolute atomic E-state index is 12.4. The average molecular weight is 360 g/mol. The van der Waals surface area contributed by atoms with E-state index in [9.17, 15) is 4.79 Å². The molecule has 0 spiro atoms. The van der Waals surface area contributed by atoms with Crippen molar-refractivity contribution < 1.29 is 4.79 Å². The number of carbonyl (C=O) groups excluding carboxylic acids is 1. The SMILES string of the molecule is O=C(NCc1ccnc(-c2ccsc2)c1)c1cc(-c2ccccc2)n[nH]1. The molecule has 0 atom stereocenters. The van der Waals surface area contributed by atoms with Gasteiger partial charge in [-0.2, -0.15) is 16.4 Å². The number of H-pyrrole nitrogens is 1. The molecule has 0 unspecified atom stereocenters. The van der Waals surface area contributed by atoms with Crippen LogP contribution in [-0.4, -0.2) is 21.1 Å². The van der Waals surface area contributed by atoms with Crippen molar-refractivity contribution in [3.05, 3.63) is 82.8 Å². The Morgan fingerprint density at radius 2 is 1.92 bits per heavy atom. The summed E-state index contributed by atoms with van der Waals surface area (Å²) in [5.74, 6) is -0.187. The van der Waals surface area contributed by atoms with Crippen LogP contribution >= 0.6 is 11.3 Å². The Hall–Kier alpha value is -3.25. The molecule has 0 aliphatic heterocycles. The quantitative estimate of drug-likeness (QED) is 0.562.